The SMILES string of the molecule is C=CCn1c[n+](CC=C)c2ccccc21.[Cl][Cu-][Cl].[Cl][Cu]. The summed E-state index contributed by atoms with van der Waals surface area (Å²) in [4.78, 5) is 0. The van der Waals surface area contributed by atoms with Crippen LogP contribution in [0.15, 0.2) is 55.9 Å². The van der Waals surface area contributed by atoms with Crippen molar-refractivity contribution in [1.29, 1.82) is 0 Å². The summed E-state index contributed by atoms with van der Waals surface area (Å²) >= 11 is 4.42. The number of fused-ring (bicyclic) bond motifs is 1. The molecule has 0 saturated heterocycles. The van der Waals surface area contributed by atoms with Gasteiger partial charge in [0.05, 0.1) is 0 Å². The molecule has 2 nitrogen and oxygen atoms in total. The number of imidazole rings is 1. The number of para-hydroxylation sites is 2. The Morgan fingerprint density at radius 3 is 2.35 bits per heavy atom. The Kier molecular flexibility index (Phi) is 12.8. The Hall–Kier alpha value is 0.0790. The van der Waals surface area contributed by atoms with Crippen LogP contribution in [-0.4, -0.2) is 4.57 Å². The molecule has 0 saturated carbocycles. The molecule has 20 heavy (non-hydrogen) atoms. The summed E-state index contributed by atoms with van der Waals surface area (Å²) in [7, 11) is 13.5. The fourth-order valence-electron chi connectivity index (χ4n) is 1.81. The second-order valence-electron chi connectivity index (χ2n) is 3.53. The van der Waals surface area contributed by atoms with Crippen LogP contribution in [0, 0.1) is 0 Å². The molecule has 0 aliphatic heterocycles. The fraction of sp³-hybridized carbons (Fsp3) is 0.154. The van der Waals surface area contributed by atoms with Crippen LogP contribution in [0.5, 0.6) is 0 Å². The number of nitrogens with zero attached hydrogens (tertiary/aromatic N) is 2. The van der Waals surface area contributed by atoms with E-state index in [1.54, 1.807) is 0 Å². The molecule has 0 bridgehead atoms. The van der Waals surface area contributed by atoms with Crippen LogP contribution < -0.4 is 4.57 Å². The van der Waals surface area contributed by atoms with Crippen molar-refractivity contribution in [3.8, 4) is 0 Å². The third kappa shape index (κ3) is 6.24. The Morgan fingerprint density at radius 1 is 1.20 bits per heavy atom. The van der Waals surface area contributed by atoms with E-state index in [-0.39, 0.29) is 0 Å². The number of hydrogen-bond donors (Lipinski definition) is 0. The predicted octanol–water partition coefficient (Wildman–Crippen LogP) is 4.36. The molecule has 1 heterocycles. The molecule has 0 radical (unpaired) electrons. The van der Waals surface area contributed by atoms with E-state index in [1.165, 1.54) is 11.0 Å². The molecule has 0 aliphatic carbocycles. The summed E-state index contributed by atoms with van der Waals surface area (Å²) in [6, 6.07) is 8.36. The second-order valence-corrected chi connectivity index (χ2v) is 5.08. The Balaban J connectivity index is 0.000000641. The molecule has 0 spiro atoms. The van der Waals surface area contributed by atoms with Crippen molar-refractivity contribution in [2.24, 2.45) is 0 Å². The molecule has 1 aromatic heterocycles. The maximum absolute atomic E-state index is 4.67. The van der Waals surface area contributed by atoms with Crippen molar-refractivity contribution in [3.05, 3.63) is 55.9 Å². The van der Waals surface area contributed by atoms with E-state index in [4.69, 9.17) is 0 Å². The van der Waals surface area contributed by atoms with E-state index >= 15 is 0 Å². The van der Waals surface area contributed by atoms with E-state index in [0.29, 0.717) is 0 Å². The summed E-state index contributed by atoms with van der Waals surface area (Å²) < 4.78 is 4.37. The summed E-state index contributed by atoms with van der Waals surface area (Å²) in [5.74, 6) is 0. The molecule has 2 rings (SSSR count). The van der Waals surface area contributed by atoms with Crippen LogP contribution in [0.4, 0.5) is 0 Å². The van der Waals surface area contributed by atoms with Crippen LogP contribution in [0.1, 0.15) is 0 Å². The molecule has 0 N–H and O–H groups in total. The van der Waals surface area contributed by atoms with Crippen LogP contribution >= 0.6 is 30.3 Å². The first-order valence-corrected chi connectivity index (χ1v) is 9.29. The van der Waals surface area contributed by atoms with Gasteiger partial charge in [0.15, 0.2) is 11.0 Å². The number of allylic oxidation sites excluding steroid dienone is 2. The van der Waals surface area contributed by atoms with Crippen molar-refractivity contribution in [1.82, 2.24) is 4.57 Å². The van der Waals surface area contributed by atoms with E-state index in [1.807, 2.05) is 12.2 Å². The van der Waals surface area contributed by atoms with Gasteiger partial charge in [0.2, 0.25) is 6.33 Å². The van der Waals surface area contributed by atoms with Gasteiger partial charge in [-0.3, -0.25) is 0 Å². The van der Waals surface area contributed by atoms with Gasteiger partial charge in [0, 0.05) is 0 Å². The molecule has 1 aromatic carbocycles. The van der Waals surface area contributed by atoms with Crippen LogP contribution in [-0.2, 0) is 41.3 Å². The van der Waals surface area contributed by atoms with Gasteiger partial charge in [-0.2, -0.15) is 0 Å². The monoisotopic (exact) mass is 430 g/mol. The zero-order chi connectivity index (χ0) is 15.4. The topological polar surface area (TPSA) is 8.81 Å². The first-order valence-electron chi connectivity index (χ1n) is 5.40. The van der Waals surface area contributed by atoms with E-state index in [2.05, 4.69) is 98.3 Å². The van der Waals surface area contributed by atoms with Crippen LogP contribution in [0.25, 0.3) is 11.0 Å². The summed E-state index contributed by atoms with van der Waals surface area (Å²) in [5.41, 5.74) is 2.47. The number of benzene rings is 1. The molecule has 0 fully saturated rings. The first kappa shape index (κ1) is 20.1. The van der Waals surface area contributed by atoms with E-state index < -0.39 is 0 Å². The van der Waals surface area contributed by atoms with Gasteiger partial charge in [0.1, 0.15) is 13.1 Å². The van der Waals surface area contributed by atoms with Gasteiger partial charge in [-0.15, -0.1) is 0 Å². The van der Waals surface area contributed by atoms with Crippen LogP contribution in [0.3, 0.4) is 0 Å². The number of aromatic nitrogens is 2. The molecule has 0 unspecified atom stereocenters. The number of hydrogen-bond acceptors (Lipinski definition) is 0. The molecule has 0 atom stereocenters. The van der Waals surface area contributed by atoms with Gasteiger partial charge in [-0.05, 0) is 12.1 Å². The van der Waals surface area contributed by atoms with Crippen molar-refractivity contribution in [3.63, 3.8) is 0 Å². The standard InChI is InChI=1S/C13H15N2.3ClH.2Cu/c1-3-9-14-11-15(10-4-2)13-8-6-5-7-12(13)14;;;;;/h3-8,11H,1-2,9-10H2;3*1H;;/q+1;;;;2*+1/p-3. The minimum atomic E-state index is 0.757. The first-order chi connectivity index (χ1) is 9.78. The third-order valence-corrected chi connectivity index (χ3v) is 2.43. The van der Waals surface area contributed by atoms with Crippen molar-refractivity contribution in [2.45, 2.75) is 13.1 Å². The second kappa shape index (κ2) is 12.8. The quantitative estimate of drug-likeness (QED) is 0.385. The van der Waals surface area contributed by atoms with Crippen molar-refractivity contribution >= 4 is 41.3 Å². The van der Waals surface area contributed by atoms with Crippen molar-refractivity contribution < 1.29 is 32.8 Å². The maximum atomic E-state index is 4.67. The minimum absolute atomic E-state index is 0.757. The van der Waals surface area contributed by atoms with Gasteiger partial charge in [-0.1, -0.05) is 37.4 Å². The zero-order valence-electron chi connectivity index (χ0n) is 10.5. The average molecular weight is 433 g/mol. The van der Waals surface area contributed by atoms with Gasteiger partial charge >= 0.3 is 58.5 Å². The number of halogens is 3. The zero-order valence-corrected chi connectivity index (χ0v) is 14.7. The molecule has 2 aromatic rings. The Morgan fingerprint density at radius 2 is 1.80 bits per heavy atom. The molecular formula is C13H15Cl3Cu2N2. The Labute approximate surface area is 147 Å². The molecule has 0 aliphatic rings. The average Bonchev–Trinajstić information content (AvgIpc) is 2.82. The third-order valence-electron chi connectivity index (χ3n) is 2.43. The molecule has 120 valence electrons. The van der Waals surface area contributed by atoms with Gasteiger partial charge in [-0.25, -0.2) is 9.13 Å². The predicted molar refractivity (Wildman–Crippen MR) is 80.1 cm³/mol. The summed E-state index contributed by atoms with van der Waals surface area (Å²) in [5, 5.41) is 0. The van der Waals surface area contributed by atoms with Crippen molar-refractivity contribution in [2.75, 3.05) is 0 Å². The normalized spacial score (nSPS) is 9.25. The molecular weight excluding hydrogens is 418 g/mol. The van der Waals surface area contributed by atoms with Gasteiger partial charge < -0.3 is 0 Å². The van der Waals surface area contributed by atoms with E-state index in [9.17, 15) is 0 Å². The van der Waals surface area contributed by atoms with E-state index in [0.717, 1.165) is 26.2 Å². The molecule has 7 heteroatoms. The molecule has 0 amide bonds. The van der Waals surface area contributed by atoms with Gasteiger partial charge in [0.25, 0.3) is 0 Å². The number of rotatable bonds is 4. The Bertz CT molecular complexity index is 485. The fourth-order valence-corrected chi connectivity index (χ4v) is 1.81. The summed E-state index contributed by atoms with van der Waals surface area (Å²) in [6.45, 7) is 9.21. The summed E-state index contributed by atoms with van der Waals surface area (Å²) in [6.07, 6.45) is 5.92. The van der Waals surface area contributed by atoms with Crippen LogP contribution in [0.2, 0.25) is 0 Å².